The molecule has 0 amide bonds. The quantitative estimate of drug-likeness (QED) is 0.163. The van der Waals surface area contributed by atoms with Crippen LogP contribution in [0, 0.1) is 0 Å². The van der Waals surface area contributed by atoms with Gasteiger partial charge in [0, 0.05) is 72.1 Å². The molecule has 0 unspecified atom stereocenters. The van der Waals surface area contributed by atoms with E-state index in [1.54, 1.807) is 0 Å². The Morgan fingerprint density at radius 2 is 1.19 bits per heavy atom. The Hall–Kier alpha value is -0.280. The highest BCUT2D eigenvalue weighted by molar-refractivity contribution is 4.64. The van der Waals surface area contributed by atoms with Gasteiger partial charge in [-0.05, 0) is 21.1 Å². The van der Waals surface area contributed by atoms with Crippen LogP contribution in [0.4, 0.5) is 0 Å². The Balaban J connectivity index is 3.71. The summed E-state index contributed by atoms with van der Waals surface area (Å²) in [6.07, 6.45) is 0. The molecular formula is C14H37N7. The Morgan fingerprint density at radius 3 is 1.67 bits per heavy atom. The normalized spacial score (nSPS) is 11.7. The molecule has 0 aliphatic carbocycles. The van der Waals surface area contributed by atoms with Crippen molar-refractivity contribution in [3.05, 3.63) is 0 Å². The van der Waals surface area contributed by atoms with Crippen LogP contribution in [0.3, 0.4) is 0 Å². The van der Waals surface area contributed by atoms with Gasteiger partial charge in [0.25, 0.3) is 0 Å². The summed E-state index contributed by atoms with van der Waals surface area (Å²) in [5.74, 6) is 0. The van der Waals surface area contributed by atoms with Crippen molar-refractivity contribution in [2.24, 2.45) is 5.73 Å². The summed E-state index contributed by atoms with van der Waals surface area (Å²) in [4.78, 5) is 4.80. The molecule has 7 heteroatoms. The lowest BCUT2D eigenvalue weighted by atomic mass is 10.4. The smallest absolute Gasteiger partial charge is 0.0479 e. The zero-order chi connectivity index (χ0) is 15.8. The Morgan fingerprint density at radius 1 is 0.667 bits per heavy atom. The second-order valence-electron chi connectivity index (χ2n) is 5.22. The summed E-state index contributed by atoms with van der Waals surface area (Å²) >= 11 is 0. The van der Waals surface area contributed by atoms with Crippen molar-refractivity contribution in [3.8, 4) is 0 Å². The maximum absolute atomic E-state index is 5.61. The molecule has 0 bridgehead atoms. The number of rotatable bonds is 16. The fourth-order valence-corrected chi connectivity index (χ4v) is 2.15. The highest BCUT2D eigenvalue weighted by Gasteiger charge is 2.04. The molecule has 0 atom stereocenters. The average molecular weight is 303 g/mol. The van der Waals surface area contributed by atoms with Gasteiger partial charge in [-0.2, -0.15) is 0 Å². The van der Waals surface area contributed by atoms with Gasteiger partial charge in [0.05, 0.1) is 0 Å². The van der Waals surface area contributed by atoms with Gasteiger partial charge < -0.3 is 27.0 Å². The molecule has 0 aromatic heterocycles. The van der Waals surface area contributed by atoms with Crippen LogP contribution in [0.2, 0.25) is 0 Å². The van der Waals surface area contributed by atoms with Crippen LogP contribution in [0.15, 0.2) is 0 Å². The van der Waals surface area contributed by atoms with E-state index < -0.39 is 0 Å². The molecule has 0 aliphatic heterocycles. The van der Waals surface area contributed by atoms with E-state index in [0.29, 0.717) is 6.54 Å². The molecule has 0 fully saturated rings. The maximum Gasteiger partial charge on any atom is 0.0479 e. The second-order valence-corrected chi connectivity index (χ2v) is 5.22. The van der Waals surface area contributed by atoms with Crippen LogP contribution in [-0.4, -0.2) is 103 Å². The van der Waals surface area contributed by atoms with Gasteiger partial charge in [-0.25, -0.2) is 0 Å². The van der Waals surface area contributed by atoms with Gasteiger partial charge in [0.15, 0.2) is 0 Å². The molecule has 0 radical (unpaired) electrons. The summed E-state index contributed by atoms with van der Waals surface area (Å²) in [5, 5.41) is 13.1. The van der Waals surface area contributed by atoms with Gasteiger partial charge >= 0.3 is 0 Å². The van der Waals surface area contributed by atoms with Crippen molar-refractivity contribution < 1.29 is 0 Å². The van der Waals surface area contributed by atoms with Crippen LogP contribution >= 0.6 is 0 Å². The molecule has 0 heterocycles. The third-order valence-corrected chi connectivity index (χ3v) is 3.39. The van der Waals surface area contributed by atoms with E-state index in [9.17, 15) is 0 Å². The number of nitrogens with two attached hydrogens (primary N) is 1. The van der Waals surface area contributed by atoms with Crippen molar-refractivity contribution in [1.82, 2.24) is 31.1 Å². The monoisotopic (exact) mass is 303 g/mol. The van der Waals surface area contributed by atoms with E-state index in [1.807, 2.05) is 21.1 Å². The average Bonchev–Trinajstić information content (AvgIpc) is 2.49. The van der Waals surface area contributed by atoms with E-state index in [-0.39, 0.29) is 0 Å². The third-order valence-electron chi connectivity index (χ3n) is 3.39. The zero-order valence-corrected chi connectivity index (χ0v) is 14.2. The van der Waals surface area contributed by atoms with Crippen LogP contribution in [-0.2, 0) is 0 Å². The van der Waals surface area contributed by atoms with Crippen molar-refractivity contribution in [1.29, 1.82) is 0 Å². The van der Waals surface area contributed by atoms with Crippen LogP contribution in [0.1, 0.15) is 0 Å². The van der Waals surface area contributed by atoms with Crippen molar-refractivity contribution in [2.45, 2.75) is 0 Å². The first-order valence-corrected chi connectivity index (χ1v) is 8.07. The lowest BCUT2D eigenvalue weighted by Gasteiger charge is -2.23. The predicted octanol–water partition coefficient (Wildman–Crippen LogP) is -2.25. The summed E-state index contributed by atoms with van der Waals surface area (Å²) in [7, 11) is 5.98. The van der Waals surface area contributed by atoms with Crippen molar-refractivity contribution in [2.75, 3.05) is 93.3 Å². The maximum atomic E-state index is 5.61. The first-order valence-electron chi connectivity index (χ1n) is 8.07. The number of nitrogens with zero attached hydrogens (tertiary/aromatic N) is 2. The highest BCUT2D eigenvalue weighted by Crippen LogP contribution is 1.86. The summed E-state index contributed by atoms with van der Waals surface area (Å²) in [6, 6.07) is 0. The fourth-order valence-electron chi connectivity index (χ4n) is 2.15. The van der Waals surface area contributed by atoms with Crippen LogP contribution < -0.4 is 27.0 Å². The molecule has 0 saturated carbocycles. The van der Waals surface area contributed by atoms with Crippen molar-refractivity contribution >= 4 is 0 Å². The molecule has 128 valence electrons. The molecule has 0 aromatic rings. The summed E-state index contributed by atoms with van der Waals surface area (Å²) in [6.45, 7) is 11.0. The van der Waals surface area contributed by atoms with Crippen LogP contribution in [0.25, 0.3) is 0 Å². The minimum atomic E-state index is 0.712. The van der Waals surface area contributed by atoms with Gasteiger partial charge in [-0.1, -0.05) is 0 Å². The summed E-state index contributed by atoms with van der Waals surface area (Å²) in [5.41, 5.74) is 5.61. The molecule has 0 saturated heterocycles. The molecule has 21 heavy (non-hydrogen) atoms. The van der Waals surface area contributed by atoms with Gasteiger partial charge in [-0.15, -0.1) is 0 Å². The SMILES string of the molecule is CNCCN(CCNC)CCNCCN(CCN)CNC. The van der Waals surface area contributed by atoms with Gasteiger partial charge in [0.1, 0.15) is 0 Å². The third kappa shape index (κ3) is 13.1. The lowest BCUT2D eigenvalue weighted by molar-refractivity contribution is 0.255. The fraction of sp³-hybridized carbons (Fsp3) is 1.00. The van der Waals surface area contributed by atoms with E-state index >= 15 is 0 Å². The number of nitrogens with one attached hydrogen (secondary N) is 4. The molecule has 0 aliphatic rings. The van der Waals surface area contributed by atoms with E-state index in [0.717, 1.165) is 65.6 Å². The Labute approximate surface area is 131 Å². The zero-order valence-electron chi connectivity index (χ0n) is 14.2. The van der Waals surface area contributed by atoms with E-state index in [2.05, 4.69) is 31.1 Å². The largest absolute Gasteiger partial charge is 0.329 e. The first-order chi connectivity index (χ1) is 10.3. The topological polar surface area (TPSA) is 80.6 Å². The lowest BCUT2D eigenvalue weighted by Crippen LogP contribution is -2.43. The molecule has 0 aromatic carbocycles. The van der Waals surface area contributed by atoms with Gasteiger partial charge in [0.2, 0.25) is 0 Å². The van der Waals surface area contributed by atoms with Gasteiger partial charge in [-0.3, -0.25) is 9.80 Å². The minimum absolute atomic E-state index is 0.712. The Kier molecular flexibility index (Phi) is 15.9. The standard InChI is InChI=1S/C14H37N7/c1-16-5-10-20(11-6-17-2)12-7-19-8-13-21(9-4-15)14-18-3/h16-19H,4-15H2,1-3H3. The number of hydrogen-bond acceptors (Lipinski definition) is 7. The molecule has 6 N–H and O–H groups in total. The molecule has 0 spiro atoms. The van der Waals surface area contributed by atoms with Crippen molar-refractivity contribution in [3.63, 3.8) is 0 Å². The minimum Gasteiger partial charge on any atom is -0.329 e. The van der Waals surface area contributed by atoms with Crippen LogP contribution in [0.5, 0.6) is 0 Å². The summed E-state index contributed by atoms with van der Waals surface area (Å²) < 4.78 is 0. The van der Waals surface area contributed by atoms with E-state index in [1.165, 1.54) is 0 Å². The molecule has 0 rings (SSSR count). The highest BCUT2D eigenvalue weighted by atomic mass is 15.2. The number of hydrogen-bond donors (Lipinski definition) is 5. The van der Waals surface area contributed by atoms with E-state index in [4.69, 9.17) is 5.73 Å². The predicted molar refractivity (Wildman–Crippen MR) is 91.7 cm³/mol. The second kappa shape index (κ2) is 16.1. The Bertz CT molecular complexity index is 190. The molecular weight excluding hydrogens is 266 g/mol. The first kappa shape index (κ1) is 20.7. The number of likely N-dealkylation sites (N-methyl/N-ethyl adjacent to an activating group) is 2. The molecule has 7 nitrogen and oxygen atoms in total.